The monoisotopic (exact) mass is 183 g/mol. The van der Waals surface area contributed by atoms with Crippen LogP contribution in [0.15, 0.2) is 29.2 Å². The minimum Gasteiger partial charge on any atom is -0.381 e. The average Bonchev–Trinajstić information content (AvgIpc) is 2.09. The van der Waals surface area contributed by atoms with Crippen LogP contribution in [-0.4, -0.2) is 17.1 Å². The second kappa shape index (κ2) is 4.50. The van der Waals surface area contributed by atoms with E-state index in [0.29, 0.717) is 6.54 Å². The second-order valence-electron chi connectivity index (χ2n) is 2.62. The zero-order valence-corrected chi connectivity index (χ0v) is 7.84. The largest absolute Gasteiger partial charge is 0.381 e. The molecule has 1 rings (SSSR count). The smallest absolute Gasteiger partial charge is 0.116 e. The Labute approximate surface area is 76.8 Å². The molecule has 0 fully saturated rings. The molecule has 0 aliphatic rings. The Balaban J connectivity index is 2.58. The second-order valence-corrected chi connectivity index (χ2v) is 3.87. The van der Waals surface area contributed by atoms with Gasteiger partial charge in [0.25, 0.3) is 0 Å². The molecular formula is C9H13NOS. The molecule has 0 saturated heterocycles. The normalized spacial score (nSPS) is 12.9. The Morgan fingerprint density at radius 2 is 2.00 bits per heavy atom. The summed E-state index contributed by atoms with van der Waals surface area (Å²) in [7, 11) is 0. The average molecular weight is 183 g/mol. The quantitative estimate of drug-likeness (QED) is 0.549. The standard InChI is InChI=1S/C9H13NOS/c1-7-2-4-8(5-3-7)12-9(11)6-10/h2-5,9,11H,6,10H2,1H3. The first-order chi connectivity index (χ1) is 5.72. The summed E-state index contributed by atoms with van der Waals surface area (Å²) in [6.45, 7) is 2.33. The van der Waals surface area contributed by atoms with E-state index in [2.05, 4.69) is 0 Å². The molecule has 0 radical (unpaired) electrons. The minimum absolute atomic E-state index is 0.290. The molecule has 0 bridgehead atoms. The fourth-order valence-electron chi connectivity index (χ4n) is 0.822. The summed E-state index contributed by atoms with van der Waals surface area (Å²) in [5.41, 5.74) is 6.01. The number of hydrogen-bond acceptors (Lipinski definition) is 3. The number of aliphatic hydroxyl groups is 1. The van der Waals surface area contributed by atoms with E-state index in [1.165, 1.54) is 17.3 Å². The Morgan fingerprint density at radius 1 is 1.42 bits per heavy atom. The van der Waals surface area contributed by atoms with Gasteiger partial charge in [0.15, 0.2) is 0 Å². The molecule has 3 N–H and O–H groups in total. The summed E-state index contributed by atoms with van der Waals surface area (Å²) in [6, 6.07) is 8.01. The SMILES string of the molecule is Cc1ccc(SC(O)CN)cc1. The highest BCUT2D eigenvalue weighted by molar-refractivity contribution is 7.99. The molecule has 3 heteroatoms. The molecule has 1 atom stereocenters. The van der Waals surface area contributed by atoms with E-state index in [0.717, 1.165) is 4.90 Å². The van der Waals surface area contributed by atoms with E-state index in [-0.39, 0.29) is 0 Å². The van der Waals surface area contributed by atoms with Crippen LogP contribution in [0.1, 0.15) is 5.56 Å². The lowest BCUT2D eigenvalue weighted by Gasteiger charge is -2.06. The van der Waals surface area contributed by atoms with Gasteiger partial charge in [-0.2, -0.15) is 0 Å². The van der Waals surface area contributed by atoms with Crippen LogP contribution in [0.2, 0.25) is 0 Å². The molecule has 0 saturated carbocycles. The highest BCUT2D eigenvalue weighted by Gasteiger charge is 2.01. The number of benzene rings is 1. The van der Waals surface area contributed by atoms with Crippen LogP contribution in [0, 0.1) is 6.92 Å². The van der Waals surface area contributed by atoms with Gasteiger partial charge >= 0.3 is 0 Å². The van der Waals surface area contributed by atoms with Crippen molar-refractivity contribution in [1.82, 2.24) is 0 Å². The first kappa shape index (κ1) is 9.58. The van der Waals surface area contributed by atoms with Crippen LogP contribution in [0.4, 0.5) is 0 Å². The Kier molecular flexibility index (Phi) is 3.59. The number of nitrogens with two attached hydrogens (primary N) is 1. The Hall–Kier alpha value is -0.510. The van der Waals surface area contributed by atoms with Gasteiger partial charge in [-0.15, -0.1) is 0 Å². The molecule has 1 aromatic rings. The first-order valence-electron chi connectivity index (χ1n) is 3.84. The fourth-order valence-corrected chi connectivity index (χ4v) is 1.53. The third-order valence-electron chi connectivity index (χ3n) is 1.49. The molecular weight excluding hydrogens is 170 g/mol. The van der Waals surface area contributed by atoms with Crippen LogP contribution >= 0.6 is 11.8 Å². The van der Waals surface area contributed by atoms with Gasteiger partial charge in [0, 0.05) is 11.4 Å². The zero-order valence-electron chi connectivity index (χ0n) is 7.03. The number of thioether (sulfide) groups is 1. The van der Waals surface area contributed by atoms with E-state index in [9.17, 15) is 5.11 Å². The Morgan fingerprint density at radius 3 is 2.50 bits per heavy atom. The van der Waals surface area contributed by atoms with Crippen molar-refractivity contribution in [3.05, 3.63) is 29.8 Å². The predicted octanol–water partition coefficient (Wildman–Crippen LogP) is 1.36. The topological polar surface area (TPSA) is 46.2 Å². The van der Waals surface area contributed by atoms with E-state index >= 15 is 0 Å². The van der Waals surface area contributed by atoms with Crippen molar-refractivity contribution >= 4 is 11.8 Å². The molecule has 1 aromatic carbocycles. The van der Waals surface area contributed by atoms with Crippen molar-refractivity contribution < 1.29 is 5.11 Å². The van der Waals surface area contributed by atoms with Gasteiger partial charge in [0.1, 0.15) is 5.44 Å². The lowest BCUT2D eigenvalue weighted by Crippen LogP contribution is -2.15. The van der Waals surface area contributed by atoms with Gasteiger partial charge in [0.05, 0.1) is 0 Å². The molecule has 0 heterocycles. The maximum absolute atomic E-state index is 9.22. The molecule has 66 valence electrons. The van der Waals surface area contributed by atoms with Gasteiger partial charge in [-0.3, -0.25) is 0 Å². The van der Waals surface area contributed by atoms with Crippen molar-refractivity contribution in [2.45, 2.75) is 17.3 Å². The third kappa shape index (κ3) is 2.85. The minimum atomic E-state index is -0.493. The number of aliphatic hydroxyl groups excluding tert-OH is 1. The molecule has 0 aromatic heterocycles. The lowest BCUT2D eigenvalue weighted by atomic mass is 10.2. The Bertz CT molecular complexity index is 235. The van der Waals surface area contributed by atoms with Crippen LogP contribution < -0.4 is 5.73 Å². The number of aryl methyl sites for hydroxylation is 1. The van der Waals surface area contributed by atoms with Crippen LogP contribution in [0.3, 0.4) is 0 Å². The third-order valence-corrected chi connectivity index (χ3v) is 2.50. The maximum atomic E-state index is 9.22. The summed E-state index contributed by atoms with van der Waals surface area (Å²) in [5.74, 6) is 0. The fraction of sp³-hybridized carbons (Fsp3) is 0.333. The van der Waals surface area contributed by atoms with Crippen molar-refractivity contribution in [3.8, 4) is 0 Å². The first-order valence-corrected chi connectivity index (χ1v) is 4.72. The number of hydrogen-bond donors (Lipinski definition) is 2. The molecule has 0 aliphatic carbocycles. The van der Waals surface area contributed by atoms with Gasteiger partial charge in [-0.25, -0.2) is 0 Å². The molecule has 2 nitrogen and oxygen atoms in total. The van der Waals surface area contributed by atoms with Crippen LogP contribution in [0.25, 0.3) is 0 Å². The summed E-state index contributed by atoms with van der Waals surface area (Å²) >= 11 is 1.38. The molecule has 1 unspecified atom stereocenters. The van der Waals surface area contributed by atoms with Crippen molar-refractivity contribution in [2.75, 3.05) is 6.54 Å². The predicted molar refractivity (Wildman–Crippen MR) is 52.1 cm³/mol. The summed E-state index contributed by atoms with van der Waals surface area (Å²) < 4.78 is 0. The number of rotatable bonds is 3. The molecule has 0 aliphatic heterocycles. The van der Waals surface area contributed by atoms with Gasteiger partial charge < -0.3 is 10.8 Å². The van der Waals surface area contributed by atoms with Crippen molar-refractivity contribution in [1.29, 1.82) is 0 Å². The van der Waals surface area contributed by atoms with Crippen molar-refractivity contribution in [3.63, 3.8) is 0 Å². The van der Waals surface area contributed by atoms with E-state index in [1.807, 2.05) is 31.2 Å². The van der Waals surface area contributed by atoms with Crippen LogP contribution in [-0.2, 0) is 0 Å². The van der Waals surface area contributed by atoms with E-state index in [4.69, 9.17) is 5.73 Å². The molecule has 0 amide bonds. The summed E-state index contributed by atoms with van der Waals surface area (Å²) in [5, 5.41) is 9.22. The van der Waals surface area contributed by atoms with Gasteiger partial charge in [-0.1, -0.05) is 29.5 Å². The van der Waals surface area contributed by atoms with Gasteiger partial charge in [0.2, 0.25) is 0 Å². The lowest BCUT2D eigenvalue weighted by molar-refractivity contribution is 0.271. The highest BCUT2D eigenvalue weighted by atomic mass is 32.2. The van der Waals surface area contributed by atoms with Crippen LogP contribution in [0.5, 0.6) is 0 Å². The summed E-state index contributed by atoms with van der Waals surface area (Å²) in [6.07, 6.45) is 0. The van der Waals surface area contributed by atoms with Gasteiger partial charge in [-0.05, 0) is 19.1 Å². The maximum Gasteiger partial charge on any atom is 0.116 e. The molecule has 12 heavy (non-hydrogen) atoms. The van der Waals surface area contributed by atoms with Crippen molar-refractivity contribution in [2.24, 2.45) is 5.73 Å². The highest BCUT2D eigenvalue weighted by Crippen LogP contribution is 2.21. The van der Waals surface area contributed by atoms with E-state index in [1.54, 1.807) is 0 Å². The summed E-state index contributed by atoms with van der Waals surface area (Å²) in [4.78, 5) is 1.05. The van der Waals surface area contributed by atoms with E-state index < -0.39 is 5.44 Å². The zero-order chi connectivity index (χ0) is 8.97. The molecule has 0 spiro atoms.